The summed E-state index contributed by atoms with van der Waals surface area (Å²) in [5, 5.41) is 0. The zero-order chi connectivity index (χ0) is 17.9. The summed E-state index contributed by atoms with van der Waals surface area (Å²) in [6, 6.07) is 0. The van der Waals surface area contributed by atoms with E-state index in [-0.39, 0.29) is 0 Å². The van der Waals surface area contributed by atoms with Gasteiger partial charge in [-0.15, -0.1) is 0 Å². The molecule has 0 heteroatoms. The summed E-state index contributed by atoms with van der Waals surface area (Å²) in [5.41, 5.74) is 0. The van der Waals surface area contributed by atoms with Gasteiger partial charge >= 0.3 is 0 Å². The second kappa shape index (κ2) is 12.4. The van der Waals surface area contributed by atoms with Crippen LogP contribution in [0.1, 0.15) is 119 Å². The lowest BCUT2D eigenvalue weighted by Gasteiger charge is -2.37. The van der Waals surface area contributed by atoms with Gasteiger partial charge in [0, 0.05) is 0 Å². The monoisotopic (exact) mass is 336 g/mol. The minimum Gasteiger partial charge on any atom is -0.0654 e. The van der Waals surface area contributed by atoms with Crippen molar-refractivity contribution in [3.63, 3.8) is 0 Å². The Bertz CT molecular complexity index is 294. The van der Waals surface area contributed by atoms with Crippen LogP contribution in [0.2, 0.25) is 0 Å². The highest BCUT2D eigenvalue weighted by molar-refractivity contribution is 4.81. The van der Waals surface area contributed by atoms with Gasteiger partial charge in [0.05, 0.1) is 0 Å². The Hall–Kier alpha value is 0. The van der Waals surface area contributed by atoms with Gasteiger partial charge < -0.3 is 0 Å². The largest absolute Gasteiger partial charge is 0.0654 e. The number of hydrogen-bond donors (Lipinski definition) is 0. The Labute approximate surface area is 154 Å². The summed E-state index contributed by atoms with van der Waals surface area (Å²) in [4.78, 5) is 0. The van der Waals surface area contributed by atoms with Crippen LogP contribution in [0.3, 0.4) is 0 Å². The van der Waals surface area contributed by atoms with Crippen LogP contribution in [0.25, 0.3) is 0 Å². The number of hydrogen-bond acceptors (Lipinski definition) is 0. The van der Waals surface area contributed by atoms with Gasteiger partial charge in [0.2, 0.25) is 0 Å². The van der Waals surface area contributed by atoms with E-state index in [9.17, 15) is 0 Å². The van der Waals surface area contributed by atoms with Crippen molar-refractivity contribution in [2.45, 2.75) is 119 Å². The Morgan fingerprint density at radius 1 is 0.792 bits per heavy atom. The molecule has 0 radical (unpaired) electrons. The fraction of sp³-hybridized carbons (Fsp3) is 1.00. The average Bonchev–Trinajstić information content (AvgIpc) is 2.57. The summed E-state index contributed by atoms with van der Waals surface area (Å²) in [6.07, 6.45) is 17.5. The molecule has 1 rings (SSSR count). The maximum atomic E-state index is 2.53. The summed E-state index contributed by atoms with van der Waals surface area (Å²) in [5.74, 6) is 5.80. The van der Waals surface area contributed by atoms with Crippen LogP contribution in [-0.4, -0.2) is 0 Å². The van der Waals surface area contributed by atoms with Gasteiger partial charge in [-0.25, -0.2) is 0 Å². The van der Waals surface area contributed by atoms with Crippen molar-refractivity contribution in [1.29, 1.82) is 0 Å². The molecule has 6 atom stereocenters. The molecule has 24 heavy (non-hydrogen) atoms. The Kier molecular flexibility index (Phi) is 11.4. The lowest BCUT2D eigenvalue weighted by Crippen LogP contribution is -2.27. The summed E-state index contributed by atoms with van der Waals surface area (Å²) < 4.78 is 0. The molecule has 0 aliphatic heterocycles. The molecule has 0 aromatic rings. The normalized spacial score (nSPS) is 29.5. The summed E-state index contributed by atoms with van der Waals surface area (Å²) in [7, 11) is 0. The molecule has 0 saturated heterocycles. The van der Waals surface area contributed by atoms with Crippen molar-refractivity contribution in [1.82, 2.24) is 0 Å². The average molecular weight is 337 g/mol. The highest BCUT2D eigenvalue weighted by Gasteiger charge is 2.30. The van der Waals surface area contributed by atoms with Crippen molar-refractivity contribution >= 4 is 0 Å². The molecule has 0 aromatic carbocycles. The Morgan fingerprint density at radius 3 is 2.08 bits per heavy atom. The van der Waals surface area contributed by atoms with Gasteiger partial charge in [-0.1, -0.05) is 99.3 Å². The van der Waals surface area contributed by atoms with E-state index in [4.69, 9.17) is 0 Å². The summed E-state index contributed by atoms with van der Waals surface area (Å²) in [6.45, 7) is 14.7. The molecule has 1 fully saturated rings. The molecule has 0 nitrogen and oxygen atoms in total. The molecular formula is C24H48. The molecule has 0 heterocycles. The predicted molar refractivity (Wildman–Crippen MR) is 110 cm³/mol. The van der Waals surface area contributed by atoms with Crippen LogP contribution in [0.4, 0.5) is 0 Å². The van der Waals surface area contributed by atoms with E-state index in [1.807, 2.05) is 0 Å². The Balaban J connectivity index is 2.77. The van der Waals surface area contributed by atoms with Crippen molar-refractivity contribution < 1.29 is 0 Å². The van der Waals surface area contributed by atoms with Crippen LogP contribution in [0.5, 0.6) is 0 Å². The van der Waals surface area contributed by atoms with Crippen LogP contribution >= 0.6 is 0 Å². The second-order valence-electron chi connectivity index (χ2n) is 9.42. The van der Waals surface area contributed by atoms with E-state index in [1.54, 1.807) is 0 Å². The highest BCUT2D eigenvalue weighted by atomic mass is 14.4. The SMILES string of the molecule is CCCCC(C)CC1CCCCC(C(C)CC)CC1CC(C)CC. The van der Waals surface area contributed by atoms with Crippen molar-refractivity contribution in [3.05, 3.63) is 0 Å². The summed E-state index contributed by atoms with van der Waals surface area (Å²) >= 11 is 0. The smallest absolute Gasteiger partial charge is 0.0380 e. The zero-order valence-corrected chi connectivity index (χ0v) is 17.9. The fourth-order valence-electron chi connectivity index (χ4n) is 5.07. The second-order valence-corrected chi connectivity index (χ2v) is 9.42. The molecule has 0 aromatic heterocycles. The molecule has 1 aliphatic carbocycles. The highest BCUT2D eigenvalue weighted by Crippen LogP contribution is 2.41. The zero-order valence-electron chi connectivity index (χ0n) is 17.9. The van der Waals surface area contributed by atoms with E-state index in [0.29, 0.717) is 0 Å². The lowest BCUT2D eigenvalue weighted by molar-refractivity contribution is 0.135. The van der Waals surface area contributed by atoms with Crippen molar-refractivity contribution in [2.24, 2.45) is 35.5 Å². The minimum atomic E-state index is 0.917. The van der Waals surface area contributed by atoms with E-state index >= 15 is 0 Å². The first-order valence-electron chi connectivity index (χ1n) is 11.5. The third-order valence-corrected chi connectivity index (χ3v) is 7.28. The standard InChI is InChI=1S/C24H48/c1-7-10-13-20(5)17-23-15-12-11-14-22(21(6)9-3)18-24(23)16-19(4)8-2/h19-24H,7-18H2,1-6H3. The number of rotatable bonds is 10. The van der Waals surface area contributed by atoms with Gasteiger partial charge in [0.1, 0.15) is 0 Å². The molecule has 6 unspecified atom stereocenters. The maximum absolute atomic E-state index is 2.53. The van der Waals surface area contributed by atoms with E-state index in [2.05, 4.69) is 41.5 Å². The van der Waals surface area contributed by atoms with Gasteiger partial charge in [0.15, 0.2) is 0 Å². The van der Waals surface area contributed by atoms with Gasteiger partial charge in [-0.2, -0.15) is 0 Å². The van der Waals surface area contributed by atoms with Crippen LogP contribution in [-0.2, 0) is 0 Å². The first-order valence-corrected chi connectivity index (χ1v) is 11.5. The first kappa shape index (κ1) is 22.0. The molecule has 1 aliphatic rings. The molecular weight excluding hydrogens is 288 g/mol. The number of unbranched alkanes of at least 4 members (excludes halogenated alkanes) is 1. The van der Waals surface area contributed by atoms with Gasteiger partial charge in [-0.05, 0) is 54.8 Å². The minimum absolute atomic E-state index is 0.917. The molecule has 0 spiro atoms. The van der Waals surface area contributed by atoms with E-state index < -0.39 is 0 Å². The third kappa shape index (κ3) is 7.92. The van der Waals surface area contributed by atoms with E-state index in [1.165, 1.54) is 77.0 Å². The first-order chi connectivity index (χ1) is 11.5. The molecule has 1 saturated carbocycles. The molecule has 0 bridgehead atoms. The predicted octanol–water partition coefficient (Wildman–Crippen LogP) is 8.50. The molecule has 144 valence electrons. The van der Waals surface area contributed by atoms with Crippen molar-refractivity contribution in [3.8, 4) is 0 Å². The maximum Gasteiger partial charge on any atom is -0.0380 e. The van der Waals surface area contributed by atoms with Gasteiger partial charge in [0.25, 0.3) is 0 Å². The quantitative estimate of drug-likeness (QED) is 0.375. The fourth-order valence-corrected chi connectivity index (χ4v) is 5.07. The molecule has 0 amide bonds. The topological polar surface area (TPSA) is 0 Å². The van der Waals surface area contributed by atoms with E-state index in [0.717, 1.165) is 35.5 Å². The van der Waals surface area contributed by atoms with Crippen molar-refractivity contribution in [2.75, 3.05) is 0 Å². The third-order valence-electron chi connectivity index (χ3n) is 7.28. The Morgan fingerprint density at radius 2 is 1.46 bits per heavy atom. The lowest BCUT2D eigenvalue weighted by atomic mass is 9.68. The van der Waals surface area contributed by atoms with Crippen LogP contribution in [0.15, 0.2) is 0 Å². The van der Waals surface area contributed by atoms with Gasteiger partial charge in [-0.3, -0.25) is 0 Å². The molecule has 0 N–H and O–H groups in total. The van der Waals surface area contributed by atoms with Crippen LogP contribution in [0, 0.1) is 35.5 Å². The van der Waals surface area contributed by atoms with Crippen LogP contribution < -0.4 is 0 Å².